The molecule has 3 amide bonds. The van der Waals surface area contributed by atoms with Crippen LogP contribution in [0.15, 0.2) is 71.6 Å². The Morgan fingerprint density at radius 3 is 2.72 bits per heavy atom. The number of urea groups is 1. The number of nitrogens with zero attached hydrogens (tertiary/aromatic N) is 4. The van der Waals surface area contributed by atoms with Crippen LogP contribution in [0, 0.1) is 11.8 Å². The van der Waals surface area contributed by atoms with Crippen molar-refractivity contribution in [1.82, 2.24) is 20.2 Å². The van der Waals surface area contributed by atoms with E-state index in [1.165, 1.54) is 0 Å². The third kappa shape index (κ3) is 7.50. The number of aliphatic imine (C=N–C) groups is 1. The third-order valence-electron chi connectivity index (χ3n) is 8.11. The number of hydrogen-bond acceptors (Lipinski definition) is 7. The molecule has 43 heavy (non-hydrogen) atoms. The fourth-order valence-electron chi connectivity index (χ4n) is 5.73. The Hall–Kier alpha value is -4.44. The molecule has 3 aliphatic heterocycles. The lowest BCUT2D eigenvalue weighted by Crippen LogP contribution is -2.44. The normalized spacial score (nSPS) is 18.1. The van der Waals surface area contributed by atoms with Crippen LogP contribution in [0.1, 0.15) is 43.2 Å². The van der Waals surface area contributed by atoms with Gasteiger partial charge in [0.15, 0.2) is 5.82 Å². The van der Waals surface area contributed by atoms with Crippen LogP contribution in [-0.4, -0.2) is 46.1 Å². The number of allylic oxidation sites excluding steroid dienone is 1. The number of nitrogens with one attached hydrogen (secondary N) is 4. The van der Waals surface area contributed by atoms with E-state index in [4.69, 9.17) is 11.6 Å². The largest absolute Gasteiger partial charge is 0.339 e. The first kappa shape index (κ1) is 28.7. The van der Waals surface area contributed by atoms with Gasteiger partial charge in [-0.05, 0) is 67.3 Å². The number of rotatable bonds is 5. The van der Waals surface area contributed by atoms with Gasteiger partial charge in [-0.15, -0.1) is 0 Å². The van der Waals surface area contributed by atoms with E-state index < -0.39 is 0 Å². The number of piperidine rings is 1. The van der Waals surface area contributed by atoms with Crippen molar-refractivity contribution in [2.45, 2.75) is 45.1 Å². The Morgan fingerprint density at radius 2 is 1.88 bits per heavy atom. The second-order valence-electron chi connectivity index (χ2n) is 11.3. The molecule has 3 aliphatic rings. The monoisotopic (exact) mass is 598 g/mol. The number of fused-ring (bicyclic) bond motifs is 6. The first-order chi connectivity index (χ1) is 21.0. The van der Waals surface area contributed by atoms with E-state index >= 15 is 0 Å². The summed E-state index contributed by atoms with van der Waals surface area (Å²) in [5, 5.41) is 13.2. The average molecular weight is 599 g/mol. The maximum Gasteiger partial charge on any atom is 0.317 e. The second-order valence-corrected chi connectivity index (χ2v) is 11.7. The summed E-state index contributed by atoms with van der Waals surface area (Å²) in [6.45, 7) is 1.80. The summed E-state index contributed by atoms with van der Waals surface area (Å²) in [5.41, 5.74) is 4.68. The second kappa shape index (κ2) is 13.2. The number of anilines is 4. The van der Waals surface area contributed by atoms with Gasteiger partial charge in [0.2, 0.25) is 11.9 Å². The highest BCUT2D eigenvalue weighted by molar-refractivity contribution is 6.32. The molecule has 2 aromatic carbocycles. The smallest absolute Gasteiger partial charge is 0.317 e. The van der Waals surface area contributed by atoms with E-state index in [2.05, 4.69) is 36.2 Å². The van der Waals surface area contributed by atoms with E-state index in [0.29, 0.717) is 42.8 Å². The topological polar surface area (TPSA) is 124 Å². The summed E-state index contributed by atoms with van der Waals surface area (Å²) in [6.07, 6.45) is 9.81. The lowest BCUT2D eigenvalue weighted by Gasteiger charge is -2.31. The van der Waals surface area contributed by atoms with Gasteiger partial charge in [-0.2, -0.15) is 4.98 Å². The molecule has 0 aliphatic carbocycles. The summed E-state index contributed by atoms with van der Waals surface area (Å²) in [4.78, 5) is 41.0. The summed E-state index contributed by atoms with van der Waals surface area (Å²) < 4.78 is 0. The van der Waals surface area contributed by atoms with E-state index in [-0.39, 0.29) is 23.8 Å². The van der Waals surface area contributed by atoms with Crippen LogP contribution in [-0.2, 0) is 17.8 Å². The molecule has 1 atom stereocenters. The van der Waals surface area contributed by atoms with Gasteiger partial charge in [0, 0.05) is 61.5 Å². The summed E-state index contributed by atoms with van der Waals surface area (Å²) in [6, 6.07) is 15.7. The first-order valence-electron chi connectivity index (χ1n) is 14.8. The average Bonchev–Trinajstić information content (AvgIpc) is 3.02. The fourth-order valence-corrected chi connectivity index (χ4v) is 5.87. The van der Waals surface area contributed by atoms with E-state index in [1.807, 2.05) is 59.6 Å². The summed E-state index contributed by atoms with van der Waals surface area (Å²) in [7, 11) is 0. The number of carbonyl (C=O) groups excluding carboxylic acids is 2. The molecule has 6 rings (SSSR count). The molecule has 4 N–H and O–H groups in total. The quantitative estimate of drug-likeness (QED) is 0.281. The Morgan fingerprint density at radius 1 is 1.05 bits per heavy atom. The lowest BCUT2D eigenvalue weighted by molar-refractivity contribution is -0.117. The molecule has 6 bridgehead atoms. The molecule has 10 nitrogen and oxygen atoms in total. The van der Waals surface area contributed by atoms with Gasteiger partial charge in [-0.25, -0.2) is 9.78 Å². The number of likely N-dealkylation sites (tertiary alicyclic amines) is 1. The van der Waals surface area contributed by atoms with Crippen LogP contribution in [0.4, 0.5) is 27.9 Å². The van der Waals surface area contributed by atoms with Gasteiger partial charge in [0.25, 0.3) is 0 Å². The van der Waals surface area contributed by atoms with Crippen molar-refractivity contribution in [2.24, 2.45) is 16.8 Å². The van der Waals surface area contributed by atoms with E-state index in [0.717, 1.165) is 60.3 Å². The minimum Gasteiger partial charge on any atom is -0.339 e. The molecule has 0 radical (unpaired) electrons. The molecule has 222 valence electrons. The predicted molar refractivity (Wildman–Crippen MR) is 170 cm³/mol. The molecule has 1 fully saturated rings. The fraction of sp³-hybridized carbons (Fsp3) is 0.344. The van der Waals surface area contributed by atoms with Gasteiger partial charge in [0.05, 0.1) is 6.20 Å². The molecule has 11 heteroatoms. The van der Waals surface area contributed by atoms with Crippen LogP contribution in [0.25, 0.3) is 0 Å². The van der Waals surface area contributed by atoms with Crippen molar-refractivity contribution in [3.8, 4) is 0 Å². The summed E-state index contributed by atoms with van der Waals surface area (Å²) >= 11 is 6.40. The number of aromatic nitrogens is 2. The molecule has 1 unspecified atom stereocenters. The zero-order valence-electron chi connectivity index (χ0n) is 23.9. The Kier molecular flexibility index (Phi) is 8.83. The Bertz CT molecular complexity index is 1540. The van der Waals surface area contributed by atoms with Crippen LogP contribution < -0.4 is 21.3 Å². The van der Waals surface area contributed by atoms with Crippen molar-refractivity contribution in [3.05, 3.63) is 82.8 Å². The van der Waals surface area contributed by atoms with E-state index in [1.54, 1.807) is 12.4 Å². The van der Waals surface area contributed by atoms with Crippen LogP contribution in [0.2, 0.25) is 5.02 Å². The maximum atomic E-state index is 13.2. The van der Waals surface area contributed by atoms with Gasteiger partial charge in [0.1, 0.15) is 5.02 Å². The van der Waals surface area contributed by atoms with Crippen molar-refractivity contribution in [2.75, 3.05) is 29.0 Å². The number of benzene rings is 2. The van der Waals surface area contributed by atoms with Crippen molar-refractivity contribution >= 4 is 52.9 Å². The number of amides is 3. The Labute approximate surface area is 256 Å². The van der Waals surface area contributed by atoms with Gasteiger partial charge in [-0.1, -0.05) is 41.9 Å². The molecule has 0 spiro atoms. The van der Waals surface area contributed by atoms with Crippen molar-refractivity contribution in [1.29, 1.82) is 0 Å². The maximum absolute atomic E-state index is 13.2. The van der Waals surface area contributed by atoms with Crippen LogP contribution in [0.3, 0.4) is 0 Å². The number of hydrogen-bond donors (Lipinski definition) is 4. The molecular formula is C32H35ClN8O2. The molecule has 3 aromatic rings. The number of halogens is 1. The SMILES string of the molecule is O=C(CC1CCN(C(=O)NCc2ccccc2)CC1)Nc1ccc2cc1CCC1C=NC=C(C1)Nc1ncc(Cl)c(n1)N2. The zero-order valence-corrected chi connectivity index (χ0v) is 24.6. The lowest BCUT2D eigenvalue weighted by atomic mass is 9.92. The number of carbonyl (C=O) groups is 2. The van der Waals surface area contributed by atoms with Crippen molar-refractivity contribution < 1.29 is 9.59 Å². The van der Waals surface area contributed by atoms with Crippen LogP contribution >= 0.6 is 11.6 Å². The summed E-state index contributed by atoms with van der Waals surface area (Å²) in [5.74, 6) is 1.42. The molecule has 1 saturated heterocycles. The highest BCUT2D eigenvalue weighted by Gasteiger charge is 2.25. The third-order valence-corrected chi connectivity index (χ3v) is 8.39. The predicted octanol–water partition coefficient (Wildman–Crippen LogP) is 6.11. The van der Waals surface area contributed by atoms with Gasteiger partial charge < -0.3 is 26.2 Å². The molecule has 1 aromatic heterocycles. The zero-order chi connectivity index (χ0) is 29.6. The standard InChI is InChI=1S/C32H35ClN8O2/c33-27-20-35-31-38-26-14-23(17-34-19-26)6-7-24-16-25(37-30(27)40-31)8-9-28(24)39-29(42)15-21-10-12-41(13-11-21)32(43)36-18-22-4-2-1-3-5-22/h1-5,8-9,16-17,19-21,23H,6-7,10-15,18H2,(H,36,43)(H,39,42)(H2,35,37,38,40). The Balaban J connectivity index is 1.07. The molecule has 4 heterocycles. The highest BCUT2D eigenvalue weighted by Crippen LogP contribution is 2.31. The van der Waals surface area contributed by atoms with E-state index in [9.17, 15) is 9.59 Å². The molecular weight excluding hydrogens is 564 g/mol. The van der Waals surface area contributed by atoms with Crippen molar-refractivity contribution in [3.63, 3.8) is 0 Å². The minimum atomic E-state index is -0.0543. The van der Waals surface area contributed by atoms with Gasteiger partial charge in [-0.3, -0.25) is 9.79 Å². The first-order valence-corrected chi connectivity index (χ1v) is 15.1. The molecule has 0 saturated carbocycles. The number of aryl methyl sites for hydroxylation is 1. The highest BCUT2D eigenvalue weighted by atomic mass is 35.5. The van der Waals surface area contributed by atoms with Gasteiger partial charge >= 0.3 is 6.03 Å². The minimum absolute atomic E-state index is 0.0102. The van der Waals surface area contributed by atoms with Crippen LogP contribution in [0.5, 0.6) is 0 Å².